The fourth-order valence-electron chi connectivity index (χ4n) is 1.19. The molecule has 16 heavy (non-hydrogen) atoms. The largest absolute Gasteiger partial charge is 0.507 e. The number of carbonyl (C=O) groups is 2. The van der Waals surface area contributed by atoms with Gasteiger partial charge in [0.15, 0.2) is 5.92 Å². The summed E-state index contributed by atoms with van der Waals surface area (Å²) in [5.41, 5.74) is 0.527. The van der Waals surface area contributed by atoms with Crippen LogP contribution < -0.4 is 0 Å². The molecule has 0 amide bonds. The van der Waals surface area contributed by atoms with E-state index < -0.39 is 17.9 Å². The van der Waals surface area contributed by atoms with Crippen molar-refractivity contribution in [3.8, 4) is 5.75 Å². The number of hydrogen-bond acceptors (Lipinski definition) is 3. The standard InChI is InChI=1S/C10H9BrO5/c11-7-4-5(1-2-8(7)12)3-6(9(13)14)10(15)16/h1-2,4,6,12H,3H2,(H,13,14)(H,15,16). The van der Waals surface area contributed by atoms with E-state index in [9.17, 15) is 14.7 Å². The second-order valence-corrected chi connectivity index (χ2v) is 4.07. The fourth-order valence-corrected chi connectivity index (χ4v) is 1.62. The summed E-state index contributed by atoms with van der Waals surface area (Å²) in [5.74, 6) is -4.21. The van der Waals surface area contributed by atoms with Crippen molar-refractivity contribution < 1.29 is 24.9 Å². The van der Waals surface area contributed by atoms with Crippen molar-refractivity contribution in [1.82, 2.24) is 0 Å². The van der Waals surface area contributed by atoms with E-state index in [4.69, 9.17) is 10.2 Å². The van der Waals surface area contributed by atoms with Gasteiger partial charge in [-0.2, -0.15) is 0 Å². The van der Waals surface area contributed by atoms with Gasteiger partial charge in [-0.25, -0.2) is 0 Å². The Bertz CT molecular complexity index is 415. The van der Waals surface area contributed by atoms with E-state index in [-0.39, 0.29) is 12.2 Å². The van der Waals surface area contributed by atoms with Crippen LogP contribution in [-0.2, 0) is 16.0 Å². The molecule has 86 valence electrons. The van der Waals surface area contributed by atoms with Crippen LogP contribution in [0, 0.1) is 5.92 Å². The second-order valence-electron chi connectivity index (χ2n) is 3.22. The monoisotopic (exact) mass is 288 g/mol. The van der Waals surface area contributed by atoms with Crippen LogP contribution in [0.15, 0.2) is 22.7 Å². The number of benzene rings is 1. The van der Waals surface area contributed by atoms with Crippen molar-refractivity contribution in [2.45, 2.75) is 6.42 Å². The number of aromatic hydroxyl groups is 1. The maximum Gasteiger partial charge on any atom is 0.318 e. The van der Waals surface area contributed by atoms with Gasteiger partial charge in [0, 0.05) is 0 Å². The third kappa shape index (κ3) is 2.96. The van der Waals surface area contributed by atoms with Crippen LogP contribution in [0.3, 0.4) is 0 Å². The van der Waals surface area contributed by atoms with Gasteiger partial charge in [0.1, 0.15) is 5.75 Å². The van der Waals surface area contributed by atoms with Gasteiger partial charge in [-0.05, 0) is 40.0 Å². The number of aliphatic carboxylic acids is 2. The minimum atomic E-state index is -1.48. The molecule has 3 N–H and O–H groups in total. The molecule has 1 aromatic carbocycles. The quantitative estimate of drug-likeness (QED) is 0.730. The Morgan fingerprint density at radius 2 is 1.81 bits per heavy atom. The molecule has 0 fully saturated rings. The highest BCUT2D eigenvalue weighted by atomic mass is 79.9. The number of rotatable bonds is 4. The molecule has 1 aromatic rings. The topological polar surface area (TPSA) is 94.8 Å². The zero-order valence-corrected chi connectivity index (χ0v) is 9.64. The van der Waals surface area contributed by atoms with Gasteiger partial charge in [0.25, 0.3) is 0 Å². The van der Waals surface area contributed by atoms with Gasteiger partial charge < -0.3 is 15.3 Å². The summed E-state index contributed by atoms with van der Waals surface area (Å²) in [6, 6.07) is 4.35. The molecule has 0 saturated heterocycles. The van der Waals surface area contributed by atoms with Crippen molar-refractivity contribution in [3.63, 3.8) is 0 Å². The summed E-state index contributed by atoms with van der Waals surface area (Å²) >= 11 is 3.07. The normalized spacial score (nSPS) is 10.4. The lowest BCUT2D eigenvalue weighted by atomic mass is 10.00. The molecule has 0 aromatic heterocycles. The molecule has 5 nitrogen and oxygen atoms in total. The summed E-state index contributed by atoms with van der Waals surface area (Å²) in [6.07, 6.45) is -0.121. The number of carboxylic acids is 2. The van der Waals surface area contributed by atoms with Crippen molar-refractivity contribution in [2.24, 2.45) is 5.92 Å². The number of hydrogen-bond donors (Lipinski definition) is 3. The SMILES string of the molecule is O=C(O)C(Cc1ccc(O)c(Br)c1)C(=O)O. The first-order valence-corrected chi connectivity index (χ1v) is 5.14. The van der Waals surface area contributed by atoms with E-state index in [0.29, 0.717) is 10.0 Å². The first-order chi connectivity index (χ1) is 7.41. The highest BCUT2D eigenvalue weighted by Gasteiger charge is 2.26. The van der Waals surface area contributed by atoms with Crippen LogP contribution in [0.4, 0.5) is 0 Å². The molecular formula is C10H9BrO5. The zero-order valence-electron chi connectivity index (χ0n) is 8.05. The predicted molar refractivity (Wildman–Crippen MR) is 58.3 cm³/mol. The number of phenolic OH excluding ortho intramolecular Hbond substituents is 1. The van der Waals surface area contributed by atoms with Crippen LogP contribution in [-0.4, -0.2) is 27.3 Å². The lowest BCUT2D eigenvalue weighted by molar-refractivity contribution is -0.154. The first-order valence-electron chi connectivity index (χ1n) is 4.35. The highest BCUT2D eigenvalue weighted by Crippen LogP contribution is 2.25. The number of phenols is 1. The predicted octanol–water partition coefficient (Wildman–Crippen LogP) is 1.48. The second kappa shape index (κ2) is 4.98. The Morgan fingerprint density at radius 1 is 1.25 bits per heavy atom. The van der Waals surface area contributed by atoms with Crippen LogP contribution in [0.2, 0.25) is 0 Å². The van der Waals surface area contributed by atoms with E-state index >= 15 is 0 Å². The number of halogens is 1. The average Bonchev–Trinajstić information content (AvgIpc) is 2.18. The molecule has 1 rings (SSSR count). The van der Waals surface area contributed by atoms with Gasteiger partial charge in [0.2, 0.25) is 0 Å². The molecule has 0 bridgehead atoms. The van der Waals surface area contributed by atoms with Crippen LogP contribution in [0.1, 0.15) is 5.56 Å². The third-order valence-electron chi connectivity index (χ3n) is 2.05. The summed E-state index contributed by atoms with van der Waals surface area (Å²) in [5, 5.41) is 26.6. The van der Waals surface area contributed by atoms with E-state index in [0.717, 1.165) is 0 Å². The molecule has 0 spiro atoms. The molecule has 0 unspecified atom stereocenters. The molecule has 6 heteroatoms. The van der Waals surface area contributed by atoms with E-state index in [2.05, 4.69) is 15.9 Å². The zero-order chi connectivity index (χ0) is 12.3. The van der Waals surface area contributed by atoms with E-state index in [1.54, 1.807) is 0 Å². The van der Waals surface area contributed by atoms with Gasteiger partial charge in [-0.15, -0.1) is 0 Å². The summed E-state index contributed by atoms with van der Waals surface area (Å²) < 4.78 is 0.402. The number of carboxylic acid groups (broad SMARTS) is 2. The fraction of sp³-hybridized carbons (Fsp3) is 0.200. The van der Waals surface area contributed by atoms with Crippen LogP contribution in [0.25, 0.3) is 0 Å². The Labute approximate surface area is 99.5 Å². The maximum atomic E-state index is 10.7. The molecule has 0 aliphatic rings. The van der Waals surface area contributed by atoms with Gasteiger partial charge in [0.05, 0.1) is 4.47 Å². The minimum absolute atomic E-state index is 0.0194. The van der Waals surface area contributed by atoms with E-state index in [1.807, 2.05) is 0 Å². The maximum absolute atomic E-state index is 10.7. The lowest BCUT2D eigenvalue weighted by Crippen LogP contribution is -2.25. The molecule has 0 aliphatic heterocycles. The third-order valence-corrected chi connectivity index (χ3v) is 2.68. The minimum Gasteiger partial charge on any atom is -0.507 e. The summed E-state index contributed by atoms with van der Waals surface area (Å²) in [6.45, 7) is 0. The van der Waals surface area contributed by atoms with Crippen molar-refractivity contribution in [3.05, 3.63) is 28.2 Å². The molecule has 0 radical (unpaired) electrons. The van der Waals surface area contributed by atoms with Crippen molar-refractivity contribution in [1.29, 1.82) is 0 Å². The summed E-state index contributed by atoms with van der Waals surface area (Å²) in [7, 11) is 0. The van der Waals surface area contributed by atoms with E-state index in [1.165, 1.54) is 18.2 Å². The van der Waals surface area contributed by atoms with Gasteiger partial charge >= 0.3 is 11.9 Å². The smallest absolute Gasteiger partial charge is 0.318 e. The Hall–Kier alpha value is -1.56. The van der Waals surface area contributed by atoms with Crippen LogP contribution in [0.5, 0.6) is 5.75 Å². The van der Waals surface area contributed by atoms with Gasteiger partial charge in [-0.3, -0.25) is 9.59 Å². The Balaban J connectivity index is 2.90. The van der Waals surface area contributed by atoms with Crippen molar-refractivity contribution in [2.75, 3.05) is 0 Å². The molecule has 0 aliphatic carbocycles. The van der Waals surface area contributed by atoms with Crippen molar-refractivity contribution >= 4 is 27.9 Å². The Morgan fingerprint density at radius 3 is 2.25 bits per heavy atom. The average molecular weight is 289 g/mol. The molecular weight excluding hydrogens is 280 g/mol. The highest BCUT2D eigenvalue weighted by molar-refractivity contribution is 9.10. The van der Waals surface area contributed by atoms with Gasteiger partial charge in [-0.1, -0.05) is 6.07 Å². The molecule has 0 atom stereocenters. The molecule has 0 saturated carbocycles. The lowest BCUT2D eigenvalue weighted by Gasteiger charge is -2.08. The first kappa shape index (κ1) is 12.5. The summed E-state index contributed by atoms with van der Waals surface area (Å²) in [4.78, 5) is 21.3. The molecule has 0 heterocycles. The Kier molecular flexibility index (Phi) is 3.89. The van der Waals surface area contributed by atoms with Crippen LogP contribution >= 0.6 is 15.9 Å².